The zero-order valence-electron chi connectivity index (χ0n) is 43.7. The van der Waals surface area contributed by atoms with Crippen LogP contribution in [0.3, 0.4) is 0 Å². The summed E-state index contributed by atoms with van der Waals surface area (Å²) in [5, 5.41) is 4.55. The molecular formula is C69H52Eu2N4O6+6. The number of rotatable bonds is 12. The summed E-state index contributed by atoms with van der Waals surface area (Å²) in [4.78, 5) is 88.2. The van der Waals surface area contributed by atoms with Gasteiger partial charge in [-0.3, -0.25) is 48.7 Å². The Balaban J connectivity index is 0.000000162. The summed E-state index contributed by atoms with van der Waals surface area (Å²) < 4.78 is 0. The molecule has 0 saturated heterocycles. The summed E-state index contributed by atoms with van der Waals surface area (Å²) in [6.07, 6.45) is 6.98. The van der Waals surface area contributed by atoms with Gasteiger partial charge in [0.25, 0.3) is 0 Å². The van der Waals surface area contributed by atoms with Crippen molar-refractivity contribution < 1.29 is 128 Å². The number of hydrogen-bond acceptors (Lipinski definition) is 10. The molecule has 392 valence electrons. The summed E-state index contributed by atoms with van der Waals surface area (Å²) in [5.41, 5.74) is 7.39. The molecule has 4 aromatic heterocycles. The van der Waals surface area contributed by atoms with Crippen molar-refractivity contribution in [2.75, 3.05) is 0 Å². The summed E-state index contributed by atoms with van der Waals surface area (Å²) in [6, 6.07) is 77.5. The normalized spacial score (nSPS) is 9.98. The molecule has 0 aliphatic heterocycles. The molecule has 0 bridgehead atoms. The summed E-state index contributed by atoms with van der Waals surface area (Å²) in [6.45, 7) is 0. The maximum Gasteiger partial charge on any atom is 3.00 e. The number of carbonyl (C=O) groups is 6. The van der Waals surface area contributed by atoms with Crippen molar-refractivity contribution in [1.82, 2.24) is 19.9 Å². The van der Waals surface area contributed by atoms with Crippen molar-refractivity contribution in [1.29, 1.82) is 0 Å². The zero-order valence-corrected chi connectivity index (χ0v) is 48.5. The Bertz CT molecular complexity index is 3380. The first kappa shape index (κ1) is 62.8. The zero-order chi connectivity index (χ0) is 55.0. The molecule has 0 unspecified atom stereocenters. The maximum atomic E-state index is 11.8. The maximum absolute atomic E-state index is 11.8. The van der Waals surface area contributed by atoms with Crippen LogP contribution in [0.15, 0.2) is 280 Å². The molecule has 81 heavy (non-hydrogen) atoms. The number of carbonyl (C=O) groups excluding carboxylic acids is 6. The van der Waals surface area contributed by atoms with Crippen LogP contribution in [0.2, 0.25) is 0 Å². The van der Waals surface area contributed by atoms with Gasteiger partial charge in [-0.25, -0.2) is 0 Å². The van der Waals surface area contributed by atoms with E-state index in [1.807, 2.05) is 60.7 Å². The van der Waals surface area contributed by atoms with Crippen molar-refractivity contribution in [2.45, 2.75) is 19.3 Å². The summed E-state index contributed by atoms with van der Waals surface area (Å²) in [7, 11) is 0. The number of aromatic nitrogens is 4. The Labute approximate surface area is 551 Å². The van der Waals surface area contributed by atoms with E-state index < -0.39 is 0 Å². The Morgan fingerprint density at radius 1 is 0.210 bits per heavy atom. The number of Topliss-reactive ketones (excluding diaryl/α,β-unsaturated/α-hetero) is 6. The van der Waals surface area contributed by atoms with Crippen molar-refractivity contribution in [3.63, 3.8) is 0 Å². The first-order valence-electron chi connectivity index (χ1n) is 25.4. The number of pyridine rings is 4. The molecule has 12 rings (SSSR count). The molecule has 12 heteroatoms. The van der Waals surface area contributed by atoms with Crippen LogP contribution in [0.4, 0.5) is 0 Å². The quantitative estimate of drug-likeness (QED) is 0.0656. The van der Waals surface area contributed by atoms with Gasteiger partial charge in [-0.2, -0.15) is 0 Å². The molecule has 0 amide bonds. The second kappa shape index (κ2) is 33.4. The van der Waals surface area contributed by atoms with Crippen molar-refractivity contribution in [3.05, 3.63) is 313 Å². The molecule has 0 aliphatic rings. The third-order valence-corrected chi connectivity index (χ3v) is 12.2. The van der Waals surface area contributed by atoms with Crippen molar-refractivity contribution >= 4 is 78.3 Å². The molecule has 8 aromatic carbocycles. The Morgan fingerprint density at radius 3 is 0.531 bits per heavy atom. The topological polar surface area (TPSA) is 154 Å². The molecule has 4 heterocycles. The second-order valence-corrected chi connectivity index (χ2v) is 17.7. The fourth-order valence-corrected chi connectivity index (χ4v) is 8.15. The number of benzene rings is 8. The van der Waals surface area contributed by atoms with E-state index in [9.17, 15) is 28.8 Å². The van der Waals surface area contributed by atoms with E-state index in [4.69, 9.17) is 0 Å². The van der Waals surface area contributed by atoms with Crippen LogP contribution >= 0.6 is 0 Å². The third-order valence-electron chi connectivity index (χ3n) is 12.2. The average molecular weight is 1340 g/mol. The standard InChI is InChI=1S/3C15H12O2.2C12H8N2.2Eu/c3*16-14(12-7-3-1-4-8-12)11-15(17)13-9-5-2-6-10-13;2*1-3-9-5-6-10-4-2-8-14-12(10)11(9)13-7-1;;/h3*1-10H,11H2;2*1-8H;;/q;;;;;2*+3. The first-order valence-corrected chi connectivity index (χ1v) is 25.4. The predicted octanol–water partition coefficient (Wildman–Crippen LogP) is 15.0. The van der Waals surface area contributed by atoms with Gasteiger partial charge in [-0.1, -0.05) is 231 Å². The number of ketones is 6. The number of fused-ring (bicyclic) bond motifs is 6. The fraction of sp³-hybridized carbons (Fsp3) is 0.0435. The predicted molar refractivity (Wildman–Crippen MR) is 313 cm³/mol. The van der Waals surface area contributed by atoms with Gasteiger partial charge in [-0.05, 0) is 24.3 Å². The Morgan fingerprint density at radius 2 is 0.370 bits per heavy atom. The molecule has 0 N–H and O–H groups in total. The minimum atomic E-state index is -0.139. The van der Waals surface area contributed by atoms with Crippen molar-refractivity contribution in [3.8, 4) is 0 Å². The summed E-state index contributed by atoms with van der Waals surface area (Å²) in [5.74, 6) is -0.836. The van der Waals surface area contributed by atoms with Gasteiger partial charge in [0.15, 0.2) is 34.7 Å². The van der Waals surface area contributed by atoms with Gasteiger partial charge in [0.1, 0.15) is 0 Å². The van der Waals surface area contributed by atoms with Gasteiger partial charge in [0.2, 0.25) is 0 Å². The summed E-state index contributed by atoms with van der Waals surface area (Å²) >= 11 is 0. The third kappa shape index (κ3) is 18.8. The van der Waals surface area contributed by atoms with Gasteiger partial charge in [0, 0.05) is 79.7 Å². The Kier molecular flexibility index (Phi) is 25.9. The monoisotopic (exact) mass is 1340 g/mol. The largest absolute Gasteiger partial charge is 3.00 e. The SMILES string of the molecule is O=C(CC(=O)c1ccccc1)c1ccccc1.O=C(CC(=O)c1ccccc1)c1ccccc1.O=C(CC(=O)c1ccccc1)c1ccccc1.[Eu+3].[Eu+3].c1cnc2c(c1)ccc1cccnc12.c1cnc2c(c1)ccc1cccnc12. The van der Waals surface area contributed by atoms with Gasteiger partial charge >= 0.3 is 98.8 Å². The van der Waals surface area contributed by atoms with E-state index in [0.29, 0.717) is 33.4 Å². The van der Waals surface area contributed by atoms with E-state index in [0.717, 1.165) is 43.6 Å². The number of hydrogen-bond donors (Lipinski definition) is 0. The van der Waals surface area contributed by atoms with Crippen LogP contribution in [0, 0.1) is 98.8 Å². The average Bonchev–Trinajstić information content (AvgIpc) is 3.56. The second-order valence-electron chi connectivity index (χ2n) is 17.7. The molecule has 0 saturated carbocycles. The van der Waals surface area contributed by atoms with Crippen LogP contribution in [-0.4, -0.2) is 54.6 Å². The minimum absolute atomic E-state index is 0. The molecule has 10 nitrogen and oxygen atoms in total. The molecule has 0 atom stereocenters. The van der Waals surface area contributed by atoms with E-state index >= 15 is 0 Å². The van der Waals surface area contributed by atoms with Crippen LogP contribution in [0.1, 0.15) is 81.4 Å². The minimum Gasteiger partial charge on any atom is -0.294 e. The number of nitrogens with zero attached hydrogens (tertiary/aromatic N) is 4. The molecule has 0 spiro atoms. The fourth-order valence-electron chi connectivity index (χ4n) is 8.15. The van der Waals surface area contributed by atoms with E-state index in [-0.39, 0.29) is 153 Å². The molecule has 12 aromatic rings. The van der Waals surface area contributed by atoms with E-state index in [1.165, 1.54) is 0 Å². The van der Waals surface area contributed by atoms with Gasteiger partial charge in [0.05, 0.1) is 41.3 Å². The smallest absolute Gasteiger partial charge is 0.294 e. The van der Waals surface area contributed by atoms with Crippen molar-refractivity contribution in [2.24, 2.45) is 0 Å². The first-order chi connectivity index (χ1) is 38.7. The van der Waals surface area contributed by atoms with Crippen LogP contribution in [0.5, 0.6) is 0 Å². The molecule has 0 radical (unpaired) electrons. The Hall–Kier alpha value is -7.41. The van der Waals surface area contributed by atoms with E-state index in [2.05, 4.69) is 68.5 Å². The molecular weight excluding hydrogens is 1280 g/mol. The molecule has 0 fully saturated rings. The van der Waals surface area contributed by atoms with Crippen LogP contribution in [0.25, 0.3) is 43.6 Å². The van der Waals surface area contributed by atoms with Gasteiger partial charge < -0.3 is 0 Å². The molecule has 0 aliphatic carbocycles. The van der Waals surface area contributed by atoms with Crippen LogP contribution in [-0.2, 0) is 0 Å². The van der Waals surface area contributed by atoms with E-state index in [1.54, 1.807) is 170 Å². The van der Waals surface area contributed by atoms with Gasteiger partial charge in [-0.15, -0.1) is 0 Å². The van der Waals surface area contributed by atoms with Crippen LogP contribution < -0.4 is 0 Å².